The molecule has 0 saturated carbocycles. The molecule has 6 nitrogen and oxygen atoms in total. The second-order valence-corrected chi connectivity index (χ2v) is 4.51. The van der Waals surface area contributed by atoms with Crippen molar-refractivity contribution in [2.24, 2.45) is 7.05 Å². The molecular weight excluding hydrogens is 305 g/mol. The summed E-state index contributed by atoms with van der Waals surface area (Å²) in [7, 11) is 2.65. The maximum atomic E-state index is 12.3. The first-order valence-corrected chi connectivity index (χ1v) is 6.27. The molecule has 22 heavy (non-hydrogen) atoms. The third-order valence-corrected chi connectivity index (χ3v) is 2.94. The molecule has 122 valence electrons. The number of Topliss-reactive ketones (excluding diaryl/α,β-unsaturated/α-hetero) is 1. The lowest BCUT2D eigenvalue weighted by atomic mass is 10.0. The van der Waals surface area contributed by atoms with Crippen molar-refractivity contribution in [1.82, 2.24) is 9.88 Å². The highest BCUT2D eigenvalue weighted by Gasteiger charge is 2.41. The zero-order valence-electron chi connectivity index (χ0n) is 11.9. The fraction of sp³-hybridized carbons (Fsp3) is 0.462. The zero-order chi connectivity index (χ0) is 16.9. The van der Waals surface area contributed by atoms with E-state index in [9.17, 15) is 27.6 Å². The quantitative estimate of drug-likeness (QED) is 0.631. The van der Waals surface area contributed by atoms with Gasteiger partial charge in [0.1, 0.15) is 0 Å². The van der Waals surface area contributed by atoms with Crippen LogP contribution in [-0.2, 0) is 21.4 Å². The number of carbonyl (C=O) groups is 3. The number of amides is 1. The molecule has 1 rings (SSSR count). The van der Waals surface area contributed by atoms with E-state index >= 15 is 0 Å². The standard InChI is InChI=1S/C13H15F3N2O4/c1-18-7-3-4-9(18)11(20)8(5-6-10(19)22-2)17-12(21)13(14,15)16/h3-4,7-8H,5-6H2,1-2H3,(H,17,21)/t8-/m0/s1. The number of nitrogens with zero attached hydrogens (tertiary/aromatic N) is 1. The van der Waals surface area contributed by atoms with Crippen LogP contribution in [0.1, 0.15) is 23.3 Å². The Balaban J connectivity index is 2.91. The molecule has 0 aromatic carbocycles. The first-order chi connectivity index (χ1) is 10.2. The first-order valence-electron chi connectivity index (χ1n) is 6.27. The molecule has 0 fully saturated rings. The van der Waals surface area contributed by atoms with Gasteiger partial charge >= 0.3 is 18.1 Å². The Morgan fingerprint density at radius 2 is 2.00 bits per heavy atom. The number of carbonyl (C=O) groups excluding carboxylic acids is 3. The van der Waals surface area contributed by atoms with Crippen molar-refractivity contribution >= 4 is 17.7 Å². The number of rotatable bonds is 6. The molecule has 0 radical (unpaired) electrons. The predicted molar refractivity (Wildman–Crippen MR) is 69.0 cm³/mol. The van der Waals surface area contributed by atoms with Crippen LogP contribution in [0, 0.1) is 0 Å². The lowest BCUT2D eigenvalue weighted by molar-refractivity contribution is -0.174. The van der Waals surface area contributed by atoms with Crippen LogP contribution >= 0.6 is 0 Å². The molecule has 1 amide bonds. The molecule has 0 saturated heterocycles. The van der Waals surface area contributed by atoms with Gasteiger partial charge in [0.25, 0.3) is 0 Å². The smallest absolute Gasteiger partial charge is 0.469 e. The molecule has 0 bridgehead atoms. The van der Waals surface area contributed by atoms with Gasteiger partial charge in [-0.3, -0.25) is 14.4 Å². The monoisotopic (exact) mass is 320 g/mol. The number of methoxy groups -OCH3 is 1. The highest BCUT2D eigenvalue weighted by Crippen LogP contribution is 2.16. The summed E-state index contributed by atoms with van der Waals surface area (Å²) in [5, 5.41) is 1.62. The highest BCUT2D eigenvalue weighted by atomic mass is 19.4. The van der Waals surface area contributed by atoms with Crippen molar-refractivity contribution in [2.75, 3.05) is 7.11 Å². The second kappa shape index (κ2) is 7.10. The molecule has 1 N–H and O–H groups in total. The summed E-state index contributed by atoms with van der Waals surface area (Å²) in [6, 6.07) is 1.48. The number of halogens is 3. The van der Waals surface area contributed by atoms with Gasteiger partial charge in [0.05, 0.1) is 18.8 Å². The molecule has 9 heteroatoms. The van der Waals surface area contributed by atoms with Crippen LogP contribution < -0.4 is 5.32 Å². The number of nitrogens with one attached hydrogen (secondary N) is 1. The van der Waals surface area contributed by atoms with Gasteiger partial charge in [-0.25, -0.2) is 0 Å². The number of esters is 1. The molecule has 0 spiro atoms. The number of ether oxygens (including phenoxy) is 1. The van der Waals surface area contributed by atoms with Crippen LogP contribution in [0.4, 0.5) is 13.2 Å². The second-order valence-electron chi connectivity index (χ2n) is 4.51. The third-order valence-electron chi connectivity index (χ3n) is 2.94. The van der Waals surface area contributed by atoms with Gasteiger partial charge in [-0.1, -0.05) is 0 Å². The summed E-state index contributed by atoms with van der Waals surface area (Å²) >= 11 is 0. The van der Waals surface area contributed by atoms with Crippen molar-refractivity contribution in [3.63, 3.8) is 0 Å². The lowest BCUT2D eigenvalue weighted by Crippen LogP contribution is -2.47. The maximum Gasteiger partial charge on any atom is 0.471 e. The van der Waals surface area contributed by atoms with Gasteiger partial charge < -0.3 is 14.6 Å². The number of hydrogen-bond acceptors (Lipinski definition) is 4. The lowest BCUT2D eigenvalue weighted by Gasteiger charge is -2.18. The maximum absolute atomic E-state index is 12.3. The van der Waals surface area contributed by atoms with Gasteiger partial charge in [0.2, 0.25) is 5.78 Å². The average molecular weight is 320 g/mol. The van der Waals surface area contributed by atoms with Crippen molar-refractivity contribution in [1.29, 1.82) is 0 Å². The van der Waals surface area contributed by atoms with E-state index in [2.05, 4.69) is 4.74 Å². The van der Waals surface area contributed by atoms with E-state index in [0.29, 0.717) is 0 Å². The zero-order valence-corrected chi connectivity index (χ0v) is 11.9. The minimum atomic E-state index is -5.11. The van der Waals surface area contributed by atoms with E-state index in [0.717, 1.165) is 7.11 Å². The molecule has 1 heterocycles. The van der Waals surface area contributed by atoms with Crippen LogP contribution in [0.15, 0.2) is 18.3 Å². The van der Waals surface area contributed by atoms with Crippen molar-refractivity contribution in [3.8, 4) is 0 Å². The van der Waals surface area contributed by atoms with Gasteiger partial charge in [-0.05, 0) is 18.6 Å². The van der Waals surface area contributed by atoms with Crippen molar-refractivity contribution in [3.05, 3.63) is 24.0 Å². The molecule has 1 atom stereocenters. The van der Waals surface area contributed by atoms with Crippen LogP contribution in [0.2, 0.25) is 0 Å². The molecule has 0 aliphatic heterocycles. The number of ketones is 1. The van der Waals surface area contributed by atoms with E-state index < -0.39 is 29.9 Å². The Labute approximate surface area is 124 Å². The number of alkyl halides is 3. The van der Waals surface area contributed by atoms with E-state index in [1.54, 1.807) is 5.32 Å². The Hall–Kier alpha value is -2.32. The normalized spacial score (nSPS) is 12.6. The van der Waals surface area contributed by atoms with E-state index in [1.165, 1.54) is 29.9 Å². The third kappa shape index (κ3) is 4.61. The van der Waals surface area contributed by atoms with Gasteiger partial charge in [-0.15, -0.1) is 0 Å². The molecule has 0 unspecified atom stereocenters. The summed E-state index contributed by atoms with van der Waals surface area (Å²) in [4.78, 5) is 34.4. The van der Waals surface area contributed by atoms with Crippen LogP contribution in [0.3, 0.4) is 0 Å². The molecule has 1 aromatic rings. The van der Waals surface area contributed by atoms with E-state index in [1.807, 2.05) is 0 Å². The van der Waals surface area contributed by atoms with E-state index in [-0.39, 0.29) is 18.5 Å². The summed E-state index contributed by atoms with van der Waals surface area (Å²) in [5.74, 6) is -3.63. The summed E-state index contributed by atoms with van der Waals surface area (Å²) in [5.41, 5.74) is 0.123. The van der Waals surface area contributed by atoms with Crippen molar-refractivity contribution in [2.45, 2.75) is 25.1 Å². The predicted octanol–water partition coefficient (Wildman–Crippen LogP) is 1.21. The first kappa shape index (κ1) is 17.7. The SMILES string of the molecule is COC(=O)CC[C@H](NC(=O)C(F)(F)F)C(=O)c1cccn1C. The molecule has 0 aliphatic carbocycles. The van der Waals surface area contributed by atoms with Gasteiger partial charge in [0, 0.05) is 19.7 Å². The average Bonchev–Trinajstić information content (AvgIpc) is 2.86. The van der Waals surface area contributed by atoms with Crippen molar-refractivity contribution < 1.29 is 32.3 Å². The largest absolute Gasteiger partial charge is 0.471 e. The summed E-state index contributed by atoms with van der Waals surface area (Å²) < 4.78 is 42.8. The minimum absolute atomic E-state index is 0.123. The summed E-state index contributed by atoms with van der Waals surface area (Å²) in [6.07, 6.45) is -4.16. The number of hydrogen-bond donors (Lipinski definition) is 1. The Morgan fingerprint density at radius 1 is 1.36 bits per heavy atom. The van der Waals surface area contributed by atoms with Gasteiger partial charge in [-0.2, -0.15) is 13.2 Å². The highest BCUT2D eigenvalue weighted by molar-refractivity contribution is 6.01. The van der Waals surface area contributed by atoms with Crippen LogP contribution in [0.25, 0.3) is 0 Å². The van der Waals surface area contributed by atoms with E-state index in [4.69, 9.17) is 0 Å². The fourth-order valence-corrected chi connectivity index (χ4v) is 1.77. The molecular formula is C13H15F3N2O4. The summed E-state index contributed by atoms with van der Waals surface area (Å²) in [6.45, 7) is 0. The topological polar surface area (TPSA) is 77.4 Å². The molecule has 1 aromatic heterocycles. The van der Waals surface area contributed by atoms with Gasteiger partial charge in [0.15, 0.2) is 0 Å². The molecule has 0 aliphatic rings. The minimum Gasteiger partial charge on any atom is -0.469 e. The van der Waals surface area contributed by atoms with Crippen LogP contribution in [-0.4, -0.2) is 41.6 Å². The Morgan fingerprint density at radius 3 is 2.45 bits per heavy atom. The number of aromatic nitrogens is 1. The Bertz CT molecular complexity index is 566. The fourth-order valence-electron chi connectivity index (χ4n) is 1.77. The Kier molecular flexibility index (Phi) is 5.72. The van der Waals surface area contributed by atoms with Crippen LogP contribution in [0.5, 0.6) is 0 Å². The number of aryl methyl sites for hydroxylation is 1.